The second kappa shape index (κ2) is 3.38. The summed E-state index contributed by atoms with van der Waals surface area (Å²) < 4.78 is 0. The highest BCUT2D eigenvalue weighted by Gasteiger charge is 2.27. The minimum Gasteiger partial charge on any atom is -0.159 e. The van der Waals surface area contributed by atoms with Crippen LogP contribution in [0.3, 0.4) is 0 Å². The zero-order chi connectivity index (χ0) is 8.48. The fourth-order valence-electron chi connectivity index (χ4n) is 1.83. The highest BCUT2D eigenvalue weighted by atomic mass is 32.2. The van der Waals surface area contributed by atoms with E-state index in [1.165, 1.54) is 18.6 Å². The molecule has 0 aliphatic carbocycles. The van der Waals surface area contributed by atoms with Gasteiger partial charge in [-0.3, -0.25) is 0 Å². The van der Waals surface area contributed by atoms with Crippen LogP contribution in [0.4, 0.5) is 0 Å². The third-order valence-corrected chi connectivity index (χ3v) is 3.79. The molecule has 66 valence electrons. The van der Waals surface area contributed by atoms with Crippen LogP contribution >= 0.6 is 11.8 Å². The minimum absolute atomic E-state index is 0.532. The maximum Gasteiger partial charge on any atom is 0.00474 e. The van der Waals surface area contributed by atoms with Crippen LogP contribution < -0.4 is 0 Å². The van der Waals surface area contributed by atoms with Gasteiger partial charge >= 0.3 is 0 Å². The van der Waals surface area contributed by atoms with Gasteiger partial charge in [-0.05, 0) is 29.9 Å². The lowest BCUT2D eigenvalue weighted by atomic mass is 9.82. The summed E-state index contributed by atoms with van der Waals surface area (Å²) in [7, 11) is 0. The average Bonchev–Trinajstić information content (AvgIpc) is 2.12. The molecule has 0 spiro atoms. The van der Waals surface area contributed by atoms with Gasteiger partial charge in [-0.1, -0.05) is 27.7 Å². The highest BCUT2D eigenvalue weighted by Crippen LogP contribution is 2.38. The third kappa shape index (κ3) is 3.06. The van der Waals surface area contributed by atoms with Gasteiger partial charge < -0.3 is 0 Å². The smallest absolute Gasteiger partial charge is 0.00474 e. The van der Waals surface area contributed by atoms with Crippen molar-refractivity contribution >= 4 is 11.8 Å². The molecule has 0 unspecified atom stereocenters. The molecule has 1 heteroatoms. The summed E-state index contributed by atoms with van der Waals surface area (Å²) >= 11 is 2.15. The molecule has 1 aliphatic rings. The van der Waals surface area contributed by atoms with Crippen molar-refractivity contribution in [3.63, 3.8) is 0 Å². The van der Waals surface area contributed by atoms with Crippen molar-refractivity contribution in [2.45, 2.75) is 45.8 Å². The lowest BCUT2D eigenvalue weighted by molar-refractivity contribution is 0.294. The van der Waals surface area contributed by atoms with Gasteiger partial charge in [0.1, 0.15) is 0 Å². The normalized spacial score (nSPS) is 32.7. The van der Waals surface area contributed by atoms with Gasteiger partial charge in [0.2, 0.25) is 0 Å². The monoisotopic (exact) mass is 172 g/mol. The van der Waals surface area contributed by atoms with E-state index in [-0.39, 0.29) is 0 Å². The van der Waals surface area contributed by atoms with Crippen molar-refractivity contribution in [3.05, 3.63) is 0 Å². The van der Waals surface area contributed by atoms with Crippen LogP contribution in [0, 0.1) is 11.3 Å². The van der Waals surface area contributed by atoms with E-state index < -0.39 is 0 Å². The Bertz CT molecular complexity index is 123. The largest absolute Gasteiger partial charge is 0.159 e. The zero-order valence-corrected chi connectivity index (χ0v) is 9.00. The Balaban J connectivity index is 2.37. The topological polar surface area (TPSA) is 0 Å². The molecule has 1 saturated heterocycles. The van der Waals surface area contributed by atoms with E-state index in [1.807, 2.05) is 0 Å². The van der Waals surface area contributed by atoms with E-state index in [0.29, 0.717) is 5.41 Å². The molecule has 1 heterocycles. The molecule has 1 rings (SSSR count). The third-order valence-electron chi connectivity index (χ3n) is 2.41. The molecular weight excluding hydrogens is 152 g/mol. The number of hydrogen-bond acceptors (Lipinski definition) is 1. The summed E-state index contributed by atoms with van der Waals surface area (Å²) in [6, 6.07) is 0. The lowest BCUT2D eigenvalue weighted by Gasteiger charge is -2.24. The maximum absolute atomic E-state index is 2.38. The molecule has 0 bridgehead atoms. The fraction of sp³-hybridized carbons (Fsp3) is 1.00. The number of rotatable bonds is 1. The summed E-state index contributed by atoms with van der Waals surface area (Å²) in [6.45, 7) is 9.43. The van der Waals surface area contributed by atoms with Crippen LogP contribution in [0.5, 0.6) is 0 Å². The second-order valence-electron chi connectivity index (χ2n) is 4.89. The fourth-order valence-corrected chi connectivity index (χ4v) is 3.15. The first-order chi connectivity index (χ1) is 4.99. The zero-order valence-electron chi connectivity index (χ0n) is 8.18. The highest BCUT2D eigenvalue weighted by molar-refractivity contribution is 8.00. The van der Waals surface area contributed by atoms with E-state index in [2.05, 4.69) is 39.5 Å². The first kappa shape index (κ1) is 9.44. The van der Waals surface area contributed by atoms with Crippen molar-refractivity contribution in [1.82, 2.24) is 0 Å². The minimum atomic E-state index is 0.532. The molecule has 0 aromatic carbocycles. The summed E-state index contributed by atoms with van der Waals surface area (Å²) in [5.41, 5.74) is 0.532. The predicted octanol–water partition coefficient (Wildman–Crippen LogP) is 3.56. The van der Waals surface area contributed by atoms with E-state index >= 15 is 0 Å². The summed E-state index contributed by atoms with van der Waals surface area (Å²) in [6.07, 6.45) is 2.85. The van der Waals surface area contributed by atoms with Gasteiger partial charge in [-0.25, -0.2) is 0 Å². The van der Waals surface area contributed by atoms with Gasteiger partial charge in [0.05, 0.1) is 0 Å². The number of thioether (sulfide) groups is 1. The van der Waals surface area contributed by atoms with Crippen molar-refractivity contribution in [1.29, 1.82) is 0 Å². The van der Waals surface area contributed by atoms with Crippen molar-refractivity contribution in [3.8, 4) is 0 Å². The number of hydrogen-bond donors (Lipinski definition) is 0. The van der Waals surface area contributed by atoms with Gasteiger partial charge in [-0.15, -0.1) is 0 Å². The van der Waals surface area contributed by atoms with E-state index in [4.69, 9.17) is 0 Å². The predicted molar refractivity (Wildman–Crippen MR) is 54.1 cm³/mol. The van der Waals surface area contributed by atoms with Gasteiger partial charge in [0.15, 0.2) is 0 Å². The Morgan fingerprint density at radius 2 is 2.00 bits per heavy atom. The molecule has 11 heavy (non-hydrogen) atoms. The molecule has 0 saturated carbocycles. The Morgan fingerprint density at radius 3 is 2.36 bits per heavy atom. The quantitative estimate of drug-likeness (QED) is 0.583. The summed E-state index contributed by atoms with van der Waals surface area (Å²) in [5.74, 6) is 2.38. The lowest BCUT2D eigenvalue weighted by Crippen LogP contribution is -2.16. The standard InChI is InChI=1S/C10H20S/c1-8-9(5-6-11-8)7-10(2,3)4/h8-9H,5-7H2,1-4H3/t8-,9-/m0/s1. The van der Waals surface area contributed by atoms with Gasteiger partial charge in [0, 0.05) is 5.25 Å². The van der Waals surface area contributed by atoms with Crippen LogP contribution in [0.1, 0.15) is 40.5 Å². The molecular formula is C10H20S. The molecule has 0 radical (unpaired) electrons. The van der Waals surface area contributed by atoms with Crippen molar-refractivity contribution < 1.29 is 0 Å². The molecule has 2 atom stereocenters. The SMILES string of the molecule is C[C@@H]1SCC[C@H]1CC(C)(C)C. The van der Waals surface area contributed by atoms with Crippen molar-refractivity contribution in [2.75, 3.05) is 5.75 Å². The van der Waals surface area contributed by atoms with Gasteiger partial charge in [0.25, 0.3) is 0 Å². The van der Waals surface area contributed by atoms with Crippen LogP contribution in [0.15, 0.2) is 0 Å². The Kier molecular flexibility index (Phi) is 2.90. The Labute approximate surface area is 75.1 Å². The molecule has 0 amide bonds. The van der Waals surface area contributed by atoms with E-state index in [9.17, 15) is 0 Å². The summed E-state index contributed by atoms with van der Waals surface area (Å²) in [5, 5.41) is 0.911. The van der Waals surface area contributed by atoms with Gasteiger partial charge in [-0.2, -0.15) is 11.8 Å². The molecule has 1 aliphatic heterocycles. The second-order valence-corrected chi connectivity index (χ2v) is 6.37. The first-order valence-electron chi connectivity index (χ1n) is 4.61. The van der Waals surface area contributed by atoms with Crippen molar-refractivity contribution in [2.24, 2.45) is 11.3 Å². The molecule has 1 fully saturated rings. The Morgan fingerprint density at radius 1 is 1.36 bits per heavy atom. The maximum atomic E-state index is 2.38. The van der Waals surface area contributed by atoms with Crippen LogP contribution in [-0.4, -0.2) is 11.0 Å². The molecule has 0 aromatic rings. The van der Waals surface area contributed by atoms with Crippen LogP contribution in [0.25, 0.3) is 0 Å². The first-order valence-corrected chi connectivity index (χ1v) is 5.65. The van der Waals surface area contributed by atoms with Crippen LogP contribution in [-0.2, 0) is 0 Å². The van der Waals surface area contributed by atoms with E-state index in [0.717, 1.165) is 11.2 Å². The Hall–Kier alpha value is 0.350. The average molecular weight is 172 g/mol. The molecule has 0 aromatic heterocycles. The van der Waals surface area contributed by atoms with Crippen LogP contribution in [0.2, 0.25) is 0 Å². The molecule has 0 nitrogen and oxygen atoms in total. The summed E-state index contributed by atoms with van der Waals surface area (Å²) in [4.78, 5) is 0. The van der Waals surface area contributed by atoms with E-state index in [1.54, 1.807) is 0 Å². The molecule has 0 N–H and O–H groups in total.